The molecule has 134 valence electrons. The van der Waals surface area contributed by atoms with E-state index in [2.05, 4.69) is 14.9 Å². The van der Waals surface area contributed by atoms with Crippen molar-refractivity contribution in [3.63, 3.8) is 0 Å². The van der Waals surface area contributed by atoms with Gasteiger partial charge in [0.15, 0.2) is 5.69 Å². The van der Waals surface area contributed by atoms with Crippen LogP contribution in [0.25, 0.3) is 0 Å². The third-order valence-electron chi connectivity index (χ3n) is 3.14. The molecular formula is C16H9ClF3N3OS2. The molecule has 0 bridgehead atoms. The third kappa shape index (κ3) is 4.54. The molecule has 0 aliphatic carbocycles. The van der Waals surface area contributed by atoms with Crippen LogP contribution in [0.1, 0.15) is 16.1 Å². The van der Waals surface area contributed by atoms with Crippen LogP contribution in [0.4, 0.5) is 18.9 Å². The van der Waals surface area contributed by atoms with Crippen molar-refractivity contribution in [2.75, 3.05) is 5.32 Å². The monoisotopic (exact) mass is 415 g/mol. The Morgan fingerprint density at radius 2 is 1.88 bits per heavy atom. The summed E-state index contributed by atoms with van der Waals surface area (Å²) in [6.45, 7) is 0. The fourth-order valence-electron chi connectivity index (χ4n) is 1.96. The Balaban J connectivity index is 1.77. The number of aromatic nitrogens is 2. The van der Waals surface area contributed by atoms with E-state index in [1.165, 1.54) is 23.9 Å². The maximum absolute atomic E-state index is 12.8. The second kappa shape index (κ2) is 7.65. The molecule has 1 heterocycles. The minimum absolute atomic E-state index is 0.0280. The van der Waals surface area contributed by atoms with Gasteiger partial charge in [-0.05, 0) is 54.0 Å². The maximum atomic E-state index is 12.8. The van der Waals surface area contributed by atoms with Crippen LogP contribution in [-0.4, -0.2) is 15.5 Å². The minimum atomic E-state index is -4.49. The number of hydrogen-bond donors (Lipinski definition) is 1. The third-order valence-corrected chi connectivity index (χ3v) is 5.28. The van der Waals surface area contributed by atoms with Gasteiger partial charge in [0, 0.05) is 15.6 Å². The quantitative estimate of drug-likeness (QED) is 0.601. The fourth-order valence-corrected chi connectivity index (χ4v) is 3.76. The molecule has 1 N–H and O–H groups in total. The first-order valence-corrected chi connectivity index (χ1v) is 9.04. The molecule has 0 aliphatic heterocycles. The van der Waals surface area contributed by atoms with Crippen LogP contribution >= 0.6 is 34.9 Å². The molecule has 0 saturated carbocycles. The van der Waals surface area contributed by atoms with E-state index < -0.39 is 17.6 Å². The second-order valence-electron chi connectivity index (χ2n) is 5.00. The lowest BCUT2D eigenvalue weighted by atomic mass is 10.2. The molecule has 0 unspecified atom stereocenters. The first-order chi connectivity index (χ1) is 12.3. The van der Waals surface area contributed by atoms with Crippen molar-refractivity contribution in [2.45, 2.75) is 15.3 Å². The first-order valence-electron chi connectivity index (χ1n) is 7.07. The van der Waals surface area contributed by atoms with E-state index in [0.29, 0.717) is 9.23 Å². The zero-order chi connectivity index (χ0) is 18.7. The van der Waals surface area contributed by atoms with Crippen molar-refractivity contribution >= 4 is 46.5 Å². The predicted molar refractivity (Wildman–Crippen MR) is 94.9 cm³/mol. The molecule has 3 rings (SSSR count). The highest BCUT2D eigenvalue weighted by molar-refractivity contribution is 8.01. The Morgan fingerprint density at radius 1 is 1.15 bits per heavy atom. The highest BCUT2D eigenvalue weighted by Gasteiger charge is 2.30. The molecule has 0 aliphatic rings. The summed E-state index contributed by atoms with van der Waals surface area (Å²) in [6, 6.07) is 11.4. The highest BCUT2D eigenvalue weighted by atomic mass is 35.5. The molecule has 3 aromatic rings. The van der Waals surface area contributed by atoms with Crippen LogP contribution in [0, 0.1) is 0 Å². The summed E-state index contributed by atoms with van der Waals surface area (Å²) < 4.78 is 42.6. The van der Waals surface area contributed by atoms with Gasteiger partial charge in [0.05, 0.1) is 5.56 Å². The molecule has 26 heavy (non-hydrogen) atoms. The lowest BCUT2D eigenvalue weighted by Gasteiger charge is -2.09. The number of anilines is 1. The number of amides is 1. The van der Waals surface area contributed by atoms with Gasteiger partial charge in [-0.2, -0.15) is 13.2 Å². The number of nitrogens with one attached hydrogen (secondary N) is 1. The van der Waals surface area contributed by atoms with Crippen LogP contribution in [0.2, 0.25) is 5.02 Å². The van der Waals surface area contributed by atoms with Crippen LogP contribution in [0.5, 0.6) is 0 Å². The lowest BCUT2D eigenvalue weighted by molar-refractivity contribution is -0.137. The highest BCUT2D eigenvalue weighted by Crippen LogP contribution is 2.34. The summed E-state index contributed by atoms with van der Waals surface area (Å²) in [5, 5.41) is 6.79. The zero-order valence-electron chi connectivity index (χ0n) is 12.7. The second-order valence-corrected chi connectivity index (χ2v) is 7.53. The van der Waals surface area contributed by atoms with Gasteiger partial charge in [-0.3, -0.25) is 4.79 Å². The Bertz CT molecular complexity index is 929. The average molecular weight is 416 g/mol. The van der Waals surface area contributed by atoms with Crippen molar-refractivity contribution in [3.05, 3.63) is 64.8 Å². The van der Waals surface area contributed by atoms with Gasteiger partial charge in [-0.15, -0.1) is 5.10 Å². The number of carbonyl (C=O) groups excluding carboxylic acids is 1. The molecule has 0 saturated heterocycles. The van der Waals surface area contributed by atoms with E-state index in [-0.39, 0.29) is 11.4 Å². The molecular weight excluding hydrogens is 407 g/mol. The van der Waals surface area contributed by atoms with Gasteiger partial charge < -0.3 is 5.32 Å². The van der Waals surface area contributed by atoms with E-state index in [0.717, 1.165) is 28.6 Å². The Labute approximate surface area is 159 Å². The SMILES string of the molecule is O=C(Nc1cccc(C(F)(F)F)c1)c1nnsc1Sc1ccc(Cl)cc1. The average Bonchev–Trinajstić information content (AvgIpc) is 3.05. The van der Waals surface area contributed by atoms with Gasteiger partial charge in [0.25, 0.3) is 5.91 Å². The summed E-state index contributed by atoms with van der Waals surface area (Å²) in [6.07, 6.45) is -4.49. The van der Waals surface area contributed by atoms with E-state index in [1.807, 2.05) is 0 Å². The number of alkyl halides is 3. The first kappa shape index (κ1) is 18.7. The molecule has 4 nitrogen and oxygen atoms in total. The lowest BCUT2D eigenvalue weighted by Crippen LogP contribution is -2.14. The number of carbonyl (C=O) groups is 1. The number of halogens is 4. The van der Waals surface area contributed by atoms with Crippen LogP contribution < -0.4 is 5.32 Å². The molecule has 0 atom stereocenters. The summed E-state index contributed by atoms with van der Waals surface area (Å²) >= 11 is 8.13. The molecule has 10 heteroatoms. The molecule has 1 aromatic heterocycles. The summed E-state index contributed by atoms with van der Waals surface area (Å²) in [7, 11) is 0. The standard InChI is InChI=1S/C16H9ClF3N3OS2/c17-10-4-6-12(7-5-10)25-15-13(22-23-26-15)14(24)21-11-3-1-2-9(8-11)16(18,19)20/h1-8H,(H,21,24). The number of hydrogen-bond acceptors (Lipinski definition) is 5. The largest absolute Gasteiger partial charge is 0.416 e. The number of nitrogens with zero attached hydrogens (tertiary/aromatic N) is 2. The molecule has 2 aromatic carbocycles. The zero-order valence-corrected chi connectivity index (χ0v) is 15.1. The van der Waals surface area contributed by atoms with E-state index >= 15 is 0 Å². The Hall–Kier alpha value is -2.10. The van der Waals surface area contributed by atoms with E-state index in [9.17, 15) is 18.0 Å². The van der Waals surface area contributed by atoms with Gasteiger partial charge in [-0.25, -0.2) is 0 Å². The smallest absolute Gasteiger partial charge is 0.321 e. The van der Waals surface area contributed by atoms with Crippen molar-refractivity contribution in [1.82, 2.24) is 9.59 Å². The summed E-state index contributed by atoms with van der Waals surface area (Å²) in [4.78, 5) is 13.2. The Morgan fingerprint density at radius 3 is 2.58 bits per heavy atom. The van der Waals surface area contributed by atoms with Crippen molar-refractivity contribution in [3.8, 4) is 0 Å². The maximum Gasteiger partial charge on any atom is 0.416 e. The molecule has 0 fully saturated rings. The predicted octanol–water partition coefficient (Wildman–Crippen LogP) is 5.61. The summed E-state index contributed by atoms with van der Waals surface area (Å²) in [5.74, 6) is -0.630. The molecule has 0 spiro atoms. The van der Waals surface area contributed by atoms with Gasteiger partial charge >= 0.3 is 6.18 Å². The van der Waals surface area contributed by atoms with Crippen LogP contribution in [0.15, 0.2) is 57.6 Å². The van der Waals surface area contributed by atoms with E-state index in [1.54, 1.807) is 24.3 Å². The van der Waals surface area contributed by atoms with Gasteiger partial charge in [0.1, 0.15) is 4.21 Å². The number of rotatable bonds is 4. The fraction of sp³-hybridized carbons (Fsp3) is 0.0625. The number of benzene rings is 2. The molecule has 0 radical (unpaired) electrons. The van der Waals surface area contributed by atoms with Crippen molar-refractivity contribution in [1.29, 1.82) is 0 Å². The molecule has 1 amide bonds. The van der Waals surface area contributed by atoms with E-state index in [4.69, 9.17) is 11.6 Å². The van der Waals surface area contributed by atoms with Crippen molar-refractivity contribution in [2.24, 2.45) is 0 Å². The van der Waals surface area contributed by atoms with Gasteiger partial charge in [0.2, 0.25) is 0 Å². The van der Waals surface area contributed by atoms with Crippen molar-refractivity contribution < 1.29 is 18.0 Å². The Kier molecular flexibility index (Phi) is 5.49. The van der Waals surface area contributed by atoms with Crippen LogP contribution in [0.3, 0.4) is 0 Å². The van der Waals surface area contributed by atoms with Crippen LogP contribution in [-0.2, 0) is 6.18 Å². The topological polar surface area (TPSA) is 54.9 Å². The summed E-state index contributed by atoms with van der Waals surface area (Å²) in [5.41, 5.74) is -0.768. The van der Waals surface area contributed by atoms with Gasteiger partial charge in [-0.1, -0.05) is 33.9 Å². The minimum Gasteiger partial charge on any atom is -0.321 e. The normalized spacial score (nSPS) is 11.4.